The summed E-state index contributed by atoms with van der Waals surface area (Å²) in [5, 5.41) is 2.12. The summed E-state index contributed by atoms with van der Waals surface area (Å²) in [5.74, 6) is -0.637. The lowest BCUT2D eigenvalue weighted by molar-refractivity contribution is -0.121. The molecule has 0 saturated heterocycles. The Morgan fingerprint density at radius 2 is 1.83 bits per heavy atom. The summed E-state index contributed by atoms with van der Waals surface area (Å²) in [6, 6.07) is 15.4. The molecule has 5 nitrogen and oxygen atoms in total. The molecule has 2 aromatic carbocycles. The van der Waals surface area contributed by atoms with Crippen molar-refractivity contribution in [1.82, 2.24) is 15.4 Å². The highest BCUT2D eigenvalue weighted by Gasteiger charge is 2.12. The third-order valence-corrected chi connectivity index (χ3v) is 4.18. The Balaban J connectivity index is 1.65. The first-order valence-corrected chi connectivity index (χ1v) is 8.21. The first-order chi connectivity index (χ1) is 11.5. The molecule has 2 amide bonds. The highest BCUT2D eigenvalue weighted by Crippen LogP contribution is 2.18. The number of carbonyl (C=O) groups excluding carboxylic acids is 2. The number of nitrogens with one attached hydrogen (secondary N) is 2. The van der Waals surface area contributed by atoms with Crippen molar-refractivity contribution in [2.45, 2.75) is 6.42 Å². The van der Waals surface area contributed by atoms with Crippen molar-refractivity contribution in [3.05, 3.63) is 70.5 Å². The molecule has 0 radical (unpaired) electrons. The number of hydrogen-bond acceptors (Lipinski definition) is 2. The largest absolute Gasteiger partial charge is 0.345 e. The highest BCUT2D eigenvalue weighted by molar-refractivity contribution is 9.10. The lowest BCUT2D eigenvalue weighted by Gasteiger charge is -2.09. The summed E-state index contributed by atoms with van der Waals surface area (Å²) in [7, 11) is 1.76. The van der Waals surface area contributed by atoms with Gasteiger partial charge in [-0.25, -0.2) is 0 Å². The fraction of sp³-hybridized carbons (Fsp3) is 0.111. The number of fused-ring (bicyclic) bond motifs is 1. The standard InChI is InChI=1S/C18H16BrN3O2/c1-22-11-14(19)10-16(22)18(24)21-20-17(23)9-13-7-4-6-12-5-2-3-8-15(12)13/h2-8,10-11H,9H2,1H3,(H,20,23)(H,21,24). The number of hydrazine groups is 1. The molecule has 0 aliphatic carbocycles. The first-order valence-electron chi connectivity index (χ1n) is 7.42. The second-order valence-electron chi connectivity index (χ2n) is 5.47. The predicted molar refractivity (Wildman–Crippen MR) is 96.4 cm³/mol. The van der Waals surface area contributed by atoms with Crippen LogP contribution in [0, 0.1) is 0 Å². The average Bonchev–Trinajstić information content (AvgIpc) is 2.91. The van der Waals surface area contributed by atoms with Crippen molar-refractivity contribution >= 4 is 38.5 Å². The van der Waals surface area contributed by atoms with Gasteiger partial charge in [0.05, 0.1) is 6.42 Å². The summed E-state index contributed by atoms with van der Waals surface area (Å²) in [6.07, 6.45) is 1.96. The molecule has 1 heterocycles. The van der Waals surface area contributed by atoms with E-state index in [2.05, 4.69) is 26.8 Å². The van der Waals surface area contributed by atoms with E-state index in [9.17, 15) is 9.59 Å². The molecule has 0 saturated carbocycles. The van der Waals surface area contributed by atoms with Gasteiger partial charge in [-0.2, -0.15) is 0 Å². The van der Waals surface area contributed by atoms with Crippen molar-refractivity contribution < 1.29 is 9.59 Å². The molecule has 0 aliphatic heterocycles. The van der Waals surface area contributed by atoms with Crippen molar-refractivity contribution in [2.75, 3.05) is 0 Å². The maximum Gasteiger partial charge on any atom is 0.286 e. The maximum absolute atomic E-state index is 12.1. The highest BCUT2D eigenvalue weighted by atomic mass is 79.9. The smallest absolute Gasteiger partial charge is 0.286 e. The van der Waals surface area contributed by atoms with Gasteiger partial charge in [-0.05, 0) is 38.3 Å². The van der Waals surface area contributed by atoms with E-state index in [1.54, 1.807) is 23.9 Å². The molecular weight excluding hydrogens is 370 g/mol. The van der Waals surface area contributed by atoms with E-state index in [1.807, 2.05) is 42.5 Å². The number of nitrogens with zero attached hydrogens (tertiary/aromatic N) is 1. The lowest BCUT2D eigenvalue weighted by Crippen LogP contribution is -2.42. The molecule has 0 unspecified atom stereocenters. The van der Waals surface area contributed by atoms with E-state index in [0.29, 0.717) is 5.69 Å². The number of hydrogen-bond donors (Lipinski definition) is 2. The fourth-order valence-corrected chi connectivity index (χ4v) is 3.13. The normalized spacial score (nSPS) is 10.6. The van der Waals surface area contributed by atoms with Gasteiger partial charge in [-0.3, -0.25) is 20.4 Å². The predicted octanol–water partition coefficient (Wildman–Crippen LogP) is 2.94. The average molecular weight is 386 g/mol. The van der Waals surface area contributed by atoms with Crippen LogP contribution in [0.15, 0.2) is 59.2 Å². The Bertz CT molecular complexity index is 912. The van der Waals surface area contributed by atoms with Crippen molar-refractivity contribution in [1.29, 1.82) is 0 Å². The molecule has 1 aromatic heterocycles. The van der Waals surface area contributed by atoms with Gasteiger partial charge >= 0.3 is 0 Å². The van der Waals surface area contributed by atoms with Gasteiger partial charge in [-0.15, -0.1) is 0 Å². The number of halogens is 1. The van der Waals surface area contributed by atoms with E-state index < -0.39 is 0 Å². The first kappa shape index (κ1) is 16.3. The second-order valence-corrected chi connectivity index (χ2v) is 6.39. The van der Waals surface area contributed by atoms with Gasteiger partial charge in [0.1, 0.15) is 5.69 Å². The van der Waals surface area contributed by atoms with Crippen molar-refractivity contribution in [2.24, 2.45) is 7.05 Å². The van der Waals surface area contributed by atoms with Gasteiger partial charge in [-0.1, -0.05) is 42.5 Å². The maximum atomic E-state index is 12.1. The van der Waals surface area contributed by atoms with Crippen LogP contribution >= 0.6 is 15.9 Å². The summed E-state index contributed by atoms with van der Waals surface area (Å²) in [4.78, 5) is 24.2. The van der Waals surface area contributed by atoms with E-state index in [4.69, 9.17) is 0 Å². The summed E-state index contributed by atoms with van der Waals surface area (Å²) >= 11 is 3.31. The van der Waals surface area contributed by atoms with E-state index in [-0.39, 0.29) is 18.2 Å². The Kier molecular flexibility index (Phi) is 4.66. The zero-order chi connectivity index (χ0) is 17.1. The number of rotatable bonds is 3. The minimum absolute atomic E-state index is 0.193. The molecule has 0 aliphatic rings. The van der Waals surface area contributed by atoms with Crippen LogP contribution < -0.4 is 10.9 Å². The number of carbonyl (C=O) groups is 2. The monoisotopic (exact) mass is 385 g/mol. The third kappa shape index (κ3) is 3.49. The summed E-state index contributed by atoms with van der Waals surface area (Å²) in [6.45, 7) is 0. The van der Waals surface area contributed by atoms with E-state index in [1.165, 1.54) is 0 Å². The summed E-state index contributed by atoms with van der Waals surface area (Å²) < 4.78 is 2.48. The Morgan fingerprint density at radius 3 is 2.58 bits per heavy atom. The van der Waals surface area contributed by atoms with Crippen LogP contribution in [0.1, 0.15) is 16.1 Å². The molecule has 0 fully saturated rings. The molecule has 2 N–H and O–H groups in total. The van der Waals surface area contributed by atoms with E-state index >= 15 is 0 Å². The second kappa shape index (κ2) is 6.88. The fourth-order valence-electron chi connectivity index (χ4n) is 2.60. The number of aryl methyl sites for hydroxylation is 1. The van der Waals surface area contributed by atoms with Crippen LogP contribution in [0.2, 0.25) is 0 Å². The molecule has 0 atom stereocenters. The zero-order valence-corrected chi connectivity index (χ0v) is 14.6. The zero-order valence-electron chi connectivity index (χ0n) is 13.0. The van der Waals surface area contributed by atoms with Gasteiger partial charge in [0, 0.05) is 17.7 Å². The molecule has 3 aromatic rings. The molecule has 3 rings (SSSR count). The molecule has 24 heavy (non-hydrogen) atoms. The van der Waals surface area contributed by atoms with E-state index in [0.717, 1.165) is 20.8 Å². The van der Waals surface area contributed by atoms with Crippen LogP contribution in [0.3, 0.4) is 0 Å². The Hall–Kier alpha value is -2.60. The molecular formula is C18H16BrN3O2. The van der Waals surface area contributed by atoms with Gasteiger partial charge < -0.3 is 4.57 Å². The minimum atomic E-state index is -0.366. The SMILES string of the molecule is Cn1cc(Br)cc1C(=O)NNC(=O)Cc1cccc2ccccc12. The molecule has 0 spiro atoms. The van der Waals surface area contributed by atoms with Crippen LogP contribution in [-0.2, 0) is 18.3 Å². The van der Waals surface area contributed by atoms with Gasteiger partial charge in [0.2, 0.25) is 5.91 Å². The minimum Gasteiger partial charge on any atom is -0.345 e. The Labute approximate surface area is 147 Å². The quantitative estimate of drug-likeness (QED) is 0.680. The third-order valence-electron chi connectivity index (χ3n) is 3.75. The van der Waals surface area contributed by atoms with Crippen LogP contribution in [-0.4, -0.2) is 16.4 Å². The number of amides is 2. The van der Waals surface area contributed by atoms with Gasteiger partial charge in [0.15, 0.2) is 0 Å². The Morgan fingerprint density at radius 1 is 1.08 bits per heavy atom. The number of benzene rings is 2. The molecule has 6 heteroatoms. The molecule has 122 valence electrons. The van der Waals surface area contributed by atoms with Crippen molar-refractivity contribution in [3.8, 4) is 0 Å². The number of aromatic nitrogens is 1. The van der Waals surface area contributed by atoms with Crippen LogP contribution in [0.5, 0.6) is 0 Å². The van der Waals surface area contributed by atoms with Gasteiger partial charge in [0.25, 0.3) is 5.91 Å². The molecule has 0 bridgehead atoms. The van der Waals surface area contributed by atoms with Crippen LogP contribution in [0.4, 0.5) is 0 Å². The summed E-state index contributed by atoms with van der Waals surface area (Å²) in [5.41, 5.74) is 6.27. The van der Waals surface area contributed by atoms with Crippen molar-refractivity contribution in [3.63, 3.8) is 0 Å². The topological polar surface area (TPSA) is 63.1 Å². The van der Waals surface area contributed by atoms with Crippen LogP contribution in [0.25, 0.3) is 10.8 Å². The lowest BCUT2D eigenvalue weighted by atomic mass is 10.0.